The third-order valence-corrected chi connectivity index (χ3v) is 5.37. The molecule has 1 aromatic carbocycles. The smallest absolute Gasteiger partial charge is 0.324 e. The average Bonchev–Trinajstić information content (AvgIpc) is 2.46. The van der Waals surface area contributed by atoms with Crippen LogP contribution in [0.5, 0.6) is 0 Å². The fourth-order valence-corrected chi connectivity index (χ4v) is 4.17. The summed E-state index contributed by atoms with van der Waals surface area (Å²) >= 11 is 0. The number of carbonyl (C=O) groups excluding carboxylic acids is 1. The van der Waals surface area contributed by atoms with E-state index < -0.39 is 38.6 Å². The second-order valence-corrected chi connectivity index (χ2v) is 6.53. The molecular formula is C13H15F2NO4S. The summed E-state index contributed by atoms with van der Waals surface area (Å²) in [7, 11) is -3.30. The van der Waals surface area contributed by atoms with Gasteiger partial charge in [-0.05, 0) is 31.4 Å². The third kappa shape index (κ3) is 2.91. The van der Waals surface area contributed by atoms with Gasteiger partial charge in [-0.25, -0.2) is 17.2 Å². The maximum Gasteiger partial charge on any atom is 0.324 e. The number of carbonyl (C=O) groups is 1. The van der Waals surface area contributed by atoms with Crippen molar-refractivity contribution in [1.82, 2.24) is 4.31 Å². The van der Waals surface area contributed by atoms with Gasteiger partial charge in [0.05, 0.1) is 7.11 Å². The first-order valence-corrected chi connectivity index (χ1v) is 7.87. The van der Waals surface area contributed by atoms with Gasteiger partial charge in [-0.3, -0.25) is 4.79 Å². The van der Waals surface area contributed by atoms with Crippen LogP contribution in [0.25, 0.3) is 0 Å². The number of rotatable bonds is 3. The maximum absolute atomic E-state index is 13.7. The van der Waals surface area contributed by atoms with Crippen LogP contribution < -0.4 is 0 Å². The van der Waals surface area contributed by atoms with Gasteiger partial charge in [0.15, 0.2) is 4.90 Å². The molecule has 8 heteroatoms. The van der Waals surface area contributed by atoms with Crippen LogP contribution >= 0.6 is 0 Å². The van der Waals surface area contributed by atoms with Crippen molar-refractivity contribution < 1.29 is 26.7 Å². The molecule has 0 spiro atoms. The largest absolute Gasteiger partial charge is 0.468 e. The van der Waals surface area contributed by atoms with Crippen molar-refractivity contribution in [2.75, 3.05) is 13.7 Å². The molecule has 0 radical (unpaired) electrons. The lowest BCUT2D eigenvalue weighted by atomic mass is 10.1. The Morgan fingerprint density at radius 2 is 1.90 bits per heavy atom. The van der Waals surface area contributed by atoms with Crippen LogP contribution in [0.3, 0.4) is 0 Å². The van der Waals surface area contributed by atoms with Crippen molar-refractivity contribution >= 4 is 16.0 Å². The van der Waals surface area contributed by atoms with E-state index >= 15 is 0 Å². The molecule has 0 saturated carbocycles. The van der Waals surface area contributed by atoms with Crippen LogP contribution in [-0.4, -0.2) is 38.4 Å². The first-order valence-electron chi connectivity index (χ1n) is 6.43. The lowest BCUT2D eigenvalue weighted by Crippen LogP contribution is -2.48. The van der Waals surface area contributed by atoms with E-state index in [0.717, 1.165) is 29.6 Å². The summed E-state index contributed by atoms with van der Waals surface area (Å²) < 4.78 is 57.9. The molecule has 1 fully saturated rings. The third-order valence-electron chi connectivity index (χ3n) is 3.41. The average molecular weight is 319 g/mol. The number of ether oxygens (including phenoxy) is 1. The number of sulfonamides is 1. The van der Waals surface area contributed by atoms with Crippen LogP contribution in [0.1, 0.15) is 19.3 Å². The van der Waals surface area contributed by atoms with Crippen LogP contribution in [0.4, 0.5) is 8.78 Å². The van der Waals surface area contributed by atoms with E-state index in [1.54, 1.807) is 0 Å². The summed E-state index contributed by atoms with van der Waals surface area (Å²) in [6, 6.07) is 1.77. The summed E-state index contributed by atoms with van der Waals surface area (Å²) in [6.07, 6.45) is 1.43. The van der Waals surface area contributed by atoms with Crippen LogP contribution in [0.15, 0.2) is 23.1 Å². The Labute approximate surface area is 121 Å². The van der Waals surface area contributed by atoms with Gasteiger partial charge in [0.25, 0.3) is 0 Å². The molecule has 21 heavy (non-hydrogen) atoms. The maximum atomic E-state index is 13.7. The van der Waals surface area contributed by atoms with Crippen molar-refractivity contribution in [3.05, 3.63) is 29.8 Å². The molecule has 2 rings (SSSR count). The fraction of sp³-hybridized carbons (Fsp3) is 0.462. The molecule has 0 N–H and O–H groups in total. The van der Waals surface area contributed by atoms with Gasteiger partial charge in [0.2, 0.25) is 10.0 Å². The van der Waals surface area contributed by atoms with E-state index in [9.17, 15) is 22.0 Å². The molecule has 1 aliphatic rings. The molecule has 0 bridgehead atoms. The van der Waals surface area contributed by atoms with E-state index in [2.05, 4.69) is 4.74 Å². The minimum absolute atomic E-state index is 0.0237. The first kappa shape index (κ1) is 15.8. The second kappa shape index (κ2) is 6.07. The summed E-state index contributed by atoms with van der Waals surface area (Å²) in [5.74, 6) is -3.08. The molecule has 1 unspecified atom stereocenters. The highest BCUT2D eigenvalue weighted by Crippen LogP contribution is 2.28. The lowest BCUT2D eigenvalue weighted by molar-refractivity contribution is -0.146. The second-order valence-electron chi connectivity index (χ2n) is 4.70. The number of hydrogen-bond donors (Lipinski definition) is 0. The zero-order valence-corrected chi connectivity index (χ0v) is 12.2. The molecule has 0 aliphatic carbocycles. The minimum Gasteiger partial charge on any atom is -0.468 e. The number of benzene rings is 1. The molecule has 1 atom stereocenters. The lowest BCUT2D eigenvalue weighted by Gasteiger charge is -2.32. The van der Waals surface area contributed by atoms with E-state index in [1.807, 2.05) is 0 Å². The molecular weight excluding hydrogens is 304 g/mol. The molecule has 1 saturated heterocycles. The monoisotopic (exact) mass is 319 g/mol. The van der Waals surface area contributed by atoms with Crippen LogP contribution in [-0.2, 0) is 19.6 Å². The number of nitrogens with zero attached hydrogens (tertiary/aromatic N) is 1. The van der Waals surface area contributed by atoms with Gasteiger partial charge in [-0.15, -0.1) is 0 Å². The van der Waals surface area contributed by atoms with Gasteiger partial charge in [-0.2, -0.15) is 4.31 Å². The number of esters is 1. The van der Waals surface area contributed by atoms with E-state index in [4.69, 9.17) is 0 Å². The van der Waals surface area contributed by atoms with Gasteiger partial charge >= 0.3 is 5.97 Å². The molecule has 1 heterocycles. The summed E-state index contributed by atoms with van der Waals surface area (Å²) in [4.78, 5) is 10.7. The van der Waals surface area contributed by atoms with Crippen molar-refractivity contribution in [3.63, 3.8) is 0 Å². The highest BCUT2D eigenvalue weighted by molar-refractivity contribution is 7.89. The standard InChI is InChI=1S/C13H15F2NO4S/c1-20-13(17)11-7-2-3-8-16(11)21(18,19)12-9(14)5-4-6-10(12)15/h4-6,11H,2-3,7-8H2,1H3. The van der Waals surface area contributed by atoms with Gasteiger partial charge in [0.1, 0.15) is 17.7 Å². The highest BCUT2D eigenvalue weighted by atomic mass is 32.2. The fourth-order valence-electron chi connectivity index (χ4n) is 2.41. The Morgan fingerprint density at radius 1 is 1.29 bits per heavy atom. The van der Waals surface area contributed by atoms with Gasteiger partial charge in [0, 0.05) is 6.54 Å². The SMILES string of the molecule is COC(=O)C1CCCCN1S(=O)(=O)c1c(F)cccc1F. The minimum atomic E-state index is -4.45. The van der Waals surface area contributed by atoms with Crippen LogP contribution in [0.2, 0.25) is 0 Å². The van der Waals surface area contributed by atoms with Crippen molar-refractivity contribution in [2.45, 2.75) is 30.2 Å². The molecule has 1 aromatic rings. The Balaban J connectivity index is 2.48. The molecule has 0 aromatic heterocycles. The Bertz CT molecular complexity index is 627. The molecule has 1 aliphatic heterocycles. The zero-order chi connectivity index (χ0) is 15.6. The van der Waals surface area contributed by atoms with Crippen molar-refractivity contribution in [1.29, 1.82) is 0 Å². The topological polar surface area (TPSA) is 63.7 Å². The summed E-state index contributed by atoms with van der Waals surface area (Å²) in [5, 5.41) is 0. The predicted octanol–water partition coefficient (Wildman–Crippen LogP) is 1.68. The number of halogens is 2. The van der Waals surface area contributed by atoms with E-state index in [1.165, 1.54) is 0 Å². The van der Waals surface area contributed by atoms with Crippen LogP contribution in [0, 0.1) is 11.6 Å². The Hall–Kier alpha value is -1.54. The van der Waals surface area contributed by atoms with Gasteiger partial charge < -0.3 is 4.74 Å². The van der Waals surface area contributed by atoms with E-state index in [0.29, 0.717) is 12.8 Å². The molecule has 116 valence electrons. The van der Waals surface area contributed by atoms with Crippen molar-refractivity contribution in [3.8, 4) is 0 Å². The predicted molar refractivity (Wildman–Crippen MR) is 69.9 cm³/mol. The first-order chi connectivity index (χ1) is 9.89. The Morgan fingerprint density at radius 3 is 2.48 bits per heavy atom. The normalized spacial score (nSPS) is 20.2. The number of hydrogen-bond acceptors (Lipinski definition) is 4. The molecule has 5 nitrogen and oxygen atoms in total. The Kier molecular flexibility index (Phi) is 4.58. The number of piperidine rings is 1. The highest BCUT2D eigenvalue weighted by Gasteiger charge is 2.40. The summed E-state index contributed by atoms with van der Waals surface area (Å²) in [5.41, 5.74) is 0. The quantitative estimate of drug-likeness (QED) is 0.795. The van der Waals surface area contributed by atoms with E-state index in [-0.39, 0.29) is 13.0 Å². The zero-order valence-electron chi connectivity index (χ0n) is 11.4. The number of methoxy groups -OCH3 is 1. The summed E-state index contributed by atoms with van der Waals surface area (Å²) in [6.45, 7) is 0.0237. The van der Waals surface area contributed by atoms with Gasteiger partial charge in [-0.1, -0.05) is 6.07 Å². The molecule has 0 amide bonds. The van der Waals surface area contributed by atoms with Crippen molar-refractivity contribution in [2.24, 2.45) is 0 Å².